The van der Waals surface area contributed by atoms with Crippen LogP contribution in [0.2, 0.25) is 0 Å². The molecule has 2 amide bonds. The summed E-state index contributed by atoms with van der Waals surface area (Å²) in [5, 5.41) is 11.9. The van der Waals surface area contributed by atoms with Gasteiger partial charge < -0.3 is 15.3 Å². The molecular formula is C18H22N2O4. The summed E-state index contributed by atoms with van der Waals surface area (Å²) in [5.41, 5.74) is 1.57. The number of rotatable bonds is 5. The van der Waals surface area contributed by atoms with Crippen LogP contribution in [0.4, 0.5) is 0 Å². The largest absolute Gasteiger partial charge is 0.481 e. The molecule has 2 aliphatic rings. The Bertz CT molecular complexity index is 641. The molecule has 0 spiro atoms. The van der Waals surface area contributed by atoms with Crippen LogP contribution in [0.3, 0.4) is 0 Å². The fourth-order valence-corrected chi connectivity index (χ4v) is 3.46. The van der Waals surface area contributed by atoms with Gasteiger partial charge in [-0.1, -0.05) is 12.1 Å². The van der Waals surface area contributed by atoms with E-state index in [2.05, 4.69) is 5.32 Å². The maximum absolute atomic E-state index is 12.3. The molecule has 2 fully saturated rings. The monoisotopic (exact) mass is 330 g/mol. The third-order valence-corrected chi connectivity index (χ3v) is 4.88. The van der Waals surface area contributed by atoms with Crippen molar-refractivity contribution >= 4 is 17.8 Å². The van der Waals surface area contributed by atoms with E-state index >= 15 is 0 Å². The number of aliphatic carboxylic acids is 1. The molecule has 0 bridgehead atoms. The summed E-state index contributed by atoms with van der Waals surface area (Å²) in [7, 11) is 0. The predicted molar refractivity (Wildman–Crippen MR) is 87.3 cm³/mol. The summed E-state index contributed by atoms with van der Waals surface area (Å²) in [5.74, 6) is -1.12. The highest BCUT2D eigenvalue weighted by atomic mass is 16.4. The van der Waals surface area contributed by atoms with Crippen LogP contribution in [0.5, 0.6) is 0 Å². The van der Waals surface area contributed by atoms with Gasteiger partial charge in [0.1, 0.15) is 0 Å². The fraction of sp³-hybridized carbons (Fsp3) is 0.500. The molecule has 2 N–H and O–H groups in total. The molecule has 24 heavy (non-hydrogen) atoms. The van der Waals surface area contributed by atoms with E-state index in [4.69, 9.17) is 5.11 Å². The summed E-state index contributed by atoms with van der Waals surface area (Å²) >= 11 is 0. The Kier molecular flexibility index (Phi) is 4.83. The molecule has 3 rings (SSSR count). The second-order valence-corrected chi connectivity index (χ2v) is 6.63. The second kappa shape index (κ2) is 7.03. The smallest absolute Gasteiger partial charge is 0.306 e. The molecule has 1 saturated heterocycles. The normalized spacial score (nSPS) is 23.5. The first-order valence-corrected chi connectivity index (χ1v) is 8.43. The summed E-state index contributed by atoms with van der Waals surface area (Å²) in [6.07, 6.45) is 3.36. The molecule has 128 valence electrons. The van der Waals surface area contributed by atoms with Crippen molar-refractivity contribution in [3.05, 3.63) is 35.4 Å². The number of carboxylic acids is 1. The number of likely N-dealkylation sites (tertiary alicyclic amines) is 1. The van der Waals surface area contributed by atoms with E-state index in [1.807, 2.05) is 17.0 Å². The second-order valence-electron chi connectivity index (χ2n) is 6.63. The van der Waals surface area contributed by atoms with Crippen LogP contribution < -0.4 is 5.32 Å². The van der Waals surface area contributed by atoms with E-state index in [1.54, 1.807) is 12.1 Å². The highest BCUT2D eigenvalue weighted by molar-refractivity contribution is 5.94. The van der Waals surface area contributed by atoms with Crippen molar-refractivity contribution in [3.63, 3.8) is 0 Å². The van der Waals surface area contributed by atoms with E-state index in [0.717, 1.165) is 18.5 Å². The lowest BCUT2D eigenvalue weighted by Crippen LogP contribution is -2.33. The summed E-state index contributed by atoms with van der Waals surface area (Å²) in [6, 6.07) is 7.19. The van der Waals surface area contributed by atoms with Crippen LogP contribution >= 0.6 is 0 Å². The van der Waals surface area contributed by atoms with Gasteiger partial charge in [-0.25, -0.2) is 0 Å². The lowest BCUT2D eigenvalue weighted by Gasteiger charge is -2.16. The van der Waals surface area contributed by atoms with Crippen LogP contribution in [0, 0.1) is 5.92 Å². The Hall–Kier alpha value is -2.37. The van der Waals surface area contributed by atoms with Gasteiger partial charge in [0.25, 0.3) is 5.91 Å². The van der Waals surface area contributed by atoms with Crippen molar-refractivity contribution in [2.24, 2.45) is 5.92 Å². The number of carboxylic acid groups (broad SMARTS) is 1. The van der Waals surface area contributed by atoms with Gasteiger partial charge in [0.2, 0.25) is 5.91 Å². The molecule has 6 nitrogen and oxygen atoms in total. The minimum Gasteiger partial charge on any atom is -0.481 e. The molecular weight excluding hydrogens is 308 g/mol. The van der Waals surface area contributed by atoms with Crippen molar-refractivity contribution in [3.8, 4) is 0 Å². The molecule has 1 aliphatic carbocycles. The van der Waals surface area contributed by atoms with Crippen molar-refractivity contribution in [2.45, 2.75) is 44.7 Å². The third-order valence-electron chi connectivity index (χ3n) is 4.88. The highest BCUT2D eigenvalue weighted by Gasteiger charge is 2.30. The van der Waals surface area contributed by atoms with E-state index in [1.165, 1.54) is 0 Å². The first kappa shape index (κ1) is 16.5. The number of amides is 2. The molecule has 6 heteroatoms. The van der Waals surface area contributed by atoms with Gasteiger partial charge in [-0.15, -0.1) is 0 Å². The van der Waals surface area contributed by atoms with Gasteiger partial charge in [-0.3, -0.25) is 14.4 Å². The quantitative estimate of drug-likeness (QED) is 0.862. The Balaban J connectivity index is 1.54. The van der Waals surface area contributed by atoms with Crippen LogP contribution in [-0.4, -0.2) is 40.4 Å². The molecule has 0 aromatic heterocycles. The molecule has 1 aliphatic heterocycles. The van der Waals surface area contributed by atoms with Gasteiger partial charge in [0.15, 0.2) is 0 Å². The van der Waals surface area contributed by atoms with Crippen molar-refractivity contribution < 1.29 is 19.5 Å². The lowest BCUT2D eigenvalue weighted by atomic mass is 10.1. The number of nitrogens with one attached hydrogen (secondary N) is 1. The van der Waals surface area contributed by atoms with Gasteiger partial charge in [0, 0.05) is 31.1 Å². The molecule has 0 radical (unpaired) electrons. The predicted octanol–water partition coefficient (Wildman–Crippen LogP) is 1.79. The van der Waals surface area contributed by atoms with Crippen LogP contribution in [0.15, 0.2) is 24.3 Å². The number of carbonyl (C=O) groups is 3. The first-order valence-electron chi connectivity index (χ1n) is 8.43. The maximum Gasteiger partial charge on any atom is 0.306 e. The van der Waals surface area contributed by atoms with Gasteiger partial charge in [-0.05, 0) is 43.4 Å². The fourth-order valence-electron chi connectivity index (χ4n) is 3.46. The van der Waals surface area contributed by atoms with Gasteiger partial charge >= 0.3 is 5.97 Å². The number of benzene rings is 1. The molecule has 0 unspecified atom stereocenters. The van der Waals surface area contributed by atoms with Gasteiger partial charge in [-0.2, -0.15) is 0 Å². The molecule has 1 aromatic carbocycles. The molecule has 1 saturated carbocycles. The van der Waals surface area contributed by atoms with Crippen LogP contribution in [-0.2, 0) is 16.1 Å². The van der Waals surface area contributed by atoms with Crippen LogP contribution in [0.1, 0.15) is 48.0 Å². The minimum atomic E-state index is -0.785. The van der Waals surface area contributed by atoms with E-state index in [-0.39, 0.29) is 23.8 Å². The number of carbonyl (C=O) groups excluding carboxylic acids is 2. The SMILES string of the molecule is O=C(N[C@H]1CC[C@@H](C(=O)O)C1)c1ccc(CN2CCCC2=O)cc1. The molecule has 1 aromatic rings. The Morgan fingerprint density at radius 3 is 2.54 bits per heavy atom. The summed E-state index contributed by atoms with van der Waals surface area (Å²) in [6.45, 7) is 1.39. The summed E-state index contributed by atoms with van der Waals surface area (Å²) in [4.78, 5) is 36.7. The molecule has 2 atom stereocenters. The standard InChI is InChI=1S/C18H22N2O4/c21-16-2-1-9-20(16)11-12-3-5-13(6-4-12)17(22)19-15-8-7-14(10-15)18(23)24/h3-6,14-15H,1-2,7-11H2,(H,19,22)(H,23,24)/t14-,15+/m1/s1. The van der Waals surface area contributed by atoms with Crippen molar-refractivity contribution in [2.75, 3.05) is 6.54 Å². The zero-order valence-corrected chi connectivity index (χ0v) is 13.5. The Morgan fingerprint density at radius 1 is 1.21 bits per heavy atom. The van der Waals surface area contributed by atoms with E-state index < -0.39 is 5.97 Å². The minimum absolute atomic E-state index is 0.0690. The Morgan fingerprint density at radius 2 is 1.96 bits per heavy atom. The molecule has 1 heterocycles. The summed E-state index contributed by atoms with van der Waals surface area (Å²) < 4.78 is 0. The Labute approximate surface area is 140 Å². The highest BCUT2D eigenvalue weighted by Crippen LogP contribution is 2.26. The number of hydrogen-bond acceptors (Lipinski definition) is 3. The van der Waals surface area contributed by atoms with E-state index in [0.29, 0.717) is 37.8 Å². The number of nitrogens with zero attached hydrogens (tertiary/aromatic N) is 1. The average molecular weight is 330 g/mol. The third kappa shape index (κ3) is 3.75. The van der Waals surface area contributed by atoms with Gasteiger partial charge in [0.05, 0.1) is 5.92 Å². The van der Waals surface area contributed by atoms with Crippen LogP contribution in [0.25, 0.3) is 0 Å². The van der Waals surface area contributed by atoms with Crippen molar-refractivity contribution in [1.29, 1.82) is 0 Å². The topological polar surface area (TPSA) is 86.7 Å². The number of hydrogen-bond donors (Lipinski definition) is 2. The zero-order valence-electron chi connectivity index (χ0n) is 13.5. The first-order chi connectivity index (χ1) is 11.5. The average Bonchev–Trinajstić information content (AvgIpc) is 3.18. The maximum atomic E-state index is 12.3. The lowest BCUT2D eigenvalue weighted by molar-refractivity contribution is -0.141. The zero-order chi connectivity index (χ0) is 17.1. The van der Waals surface area contributed by atoms with Crippen molar-refractivity contribution in [1.82, 2.24) is 10.2 Å². The van der Waals surface area contributed by atoms with E-state index in [9.17, 15) is 14.4 Å².